The Bertz CT molecular complexity index is 1680. The van der Waals surface area contributed by atoms with E-state index >= 15 is 0 Å². The lowest BCUT2D eigenvalue weighted by Gasteiger charge is -2.47. The number of aliphatic carboxylic acids is 1. The Morgan fingerprint density at radius 1 is 0.290 bits per heavy atom. The quantitative estimate of drug-likeness (QED) is 0.0975. The summed E-state index contributed by atoms with van der Waals surface area (Å²) in [4.78, 5) is 10.4. The minimum Gasteiger partial charge on any atom is -0.478 e. The highest BCUT2D eigenvalue weighted by Gasteiger charge is 3.02. The number of carbonyl (C=O) groups is 1. The van der Waals surface area contributed by atoms with Gasteiger partial charge in [-0.2, -0.15) is 162 Å². The van der Waals surface area contributed by atoms with Gasteiger partial charge in [0.1, 0.15) is 0 Å². The minimum absolute atomic E-state index is 1.84. The summed E-state index contributed by atoms with van der Waals surface area (Å²) in [6.45, 7) is 2.22. The zero-order valence-electron chi connectivity index (χ0n) is 27.0. The highest BCUT2D eigenvalue weighted by Crippen LogP contribution is 2.70. The number of hydrogen-bond acceptors (Lipinski definition) is 1. The zero-order chi connectivity index (χ0) is 51.6. The molecule has 62 heavy (non-hydrogen) atoms. The van der Waals surface area contributed by atoms with Crippen LogP contribution in [0.2, 0.25) is 0 Å². The third kappa shape index (κ3) is 6.87. The van der Waals surface area contributed by atoms with Gasteiger partial charge in [0.15, 0.2) is 0 Å². The molecule has 0 saturated carbocycles. The van der Waals surface area contributed by atoms with Gasteiger partial charge in [-0.05, 0) is 6.42 Å². The largest absolute Gasteiger partial charge is 0.478 e. The molecule has 0 amide bonds. The van der Waals surface area contributed by atoms with Gasteiger partial charge in [-0.3, -0.25) is 0 Å². The Labute approximate surface area is 311 Å². The first-order valence-corrected chi connectivity index (χ1v) is 13.5. The van der Waals surface area contributed by atoms with Crippen molar-refractivity contribution in [1.29, 1.82) is 0 Å². The van der Waals surface area contributed by atoms with Crippen molar-refractivity contribution < 1.29 is 172 Å². The monoisotopic (exact) mass is 1020 g/mol. The fourth-order valence-electron chi connectivity index (χ4n) is 3.74. The van der Waals surface area contributed by atoms with Crippen LogP contribution in [0, 0.1) is 0 Å². The van der Waals surface area contributed by atoms with E-state index in [0.29, 0.717) is 0 Å². The summed E-state index contributed by atoms with van der Waals surface area (Å²) in [6.07, 6.45) is -14.2. The molecule has 2 nitrogen and oxygen atoms in total. The van der Waals surface area contributed by atoms with Crippen LogP contribution in [0.1, 0.15) is 12.8 Å². The van der Waals surface area contributed by atoms with Crippen molar-refractivity contribution in [3.63, 3.8) is 0 Å². The van der Waals surface area contributed by atoms with E-state index in [4.69, 9.17) is 5.11 Å². The maximum atomic E-state index is 14.0. The minimum atomic E-state index is -10.5. The Kier molecular flexibility index (Phi) is 13.8. The summed E-state index contributed by atoms with van der Waals surface area (Å²) in [6, 6.07) is 0. The SMILES string of the molecule is C=C(CCC(F)(F)C(F)(F)C(F)(F)C(F)(F)C(F)(F)C(F)(F)C(F)(F)C(F)(F)C(F)(F)C(F)(F)C(F)(F)C(F)(F)C(F)(F)C(F)(F)C(F)(F)C(F)(F)C(F)(F)C(F)(F)F)C(=O)O. The Morgan fingerprint density at radius 3 is 0.581 bits per heavy atom. The van der Waals surface area contributed by atoms with Crippen molar-refractivity contribution in [3.8, 4) is 0 Å². The molecular weight excluding hydrogens is 1010 g/mol. The summed E-state index contributed by atoms with van der Waals surface area (Å²) in [7, 11) is 0. The fraction of sp³-hybridized carbons (Fsp3) is 0.870. The molecule has 0 bridgehead atoms. The molecule has 0 radical (unpaired) electrons. The van der Waals surface area contributed by atoms with Crippen molar-refractivity contribution >= 4 is 5.97 Å². The summed E-state index contributed by atoms with van der Waals surface area (Å²) in [5, 5.41) is 8.31. The second kappa shape index (κ2) is 14.6. The molecule has 0 heterocycles. The second-order valence-electron chi connectivity index (χ2n) is 11.8. The van der Waals surface area contributed by atoms with Gasteiger partial charge in [0.25, 0.3) is 0 Å². The van der Waals surface area contributed by atoms with Gasteiger partial charge in [-0.25, -0.2) is 4.79 Å². The number of carboxylic acids is 1. The van der Waals surface area contributed by atoms with Gasteiger partial charge >= 0.3 is 113 Å². The van der Waals surface area contributed by atoms with Crippen LogP contribution >= 0.6 is 0 Å². The van der Waals surface area contributed by atoms with E-state index in [2.05, 4.69) is 6.58 Å². The molecule has 0 aliphatic rings. The molecule has 0 saturated heterocycles. The molecule has 0 spiro atoms. The van der Waals surface area contributed by atoms with Crippen molar-refractivity contribution in [2.24, 2.45) is 0 Å². The summed E-state index contributed by atoms with van der Waals surface area (Å²) in [5.74, 6) is -169. The predicted molar refractivity (Wildman–Crippen MR) is 116 cm³/mol. The summed E-state index contributed by atoms with van der Waals surface area (Å²) < 4.78 is 505. The normalized spacial score (nSPS) is 16.8. The van der Waals surface area contributed by atoms with Crippen molar-refractivity contribution in [1.82, 2.24) is 0 Å². The Balaban J connectivity index is 7.81. The fourth-order valence-corrected chi connectivity index (χ4v) is 3.74. The number of halogens is 37. The van der Waals surface area contributed by atoms with Crippen molar-refractivity contribution in [2.75, 3.05) is 0 Å². The van der Waals surface area contributed by atoms with Crippen molar-refractivity contribution in [2.45, 2.75) is 120 Å². The summed E-state index contributed by atoms with van der Waals surface area (Å²) in [5.41, 5.74) is -1.84. The first kappa shape index (κ1) is 58.6. The second-order valence-corrected chi connectivity index (χ2v) is 11.8. The molecule has 0 unspecified atom stereocenters. The van der Waals surface area contributed by atoms with Crippen LogP contribution in [0.4, 0.5) is 162 Å². The molecule has 0 aromatic carbocycles. The van der Waals surface area contributed by atoms with E-state index in [1.54, 1.807) is 0 Å². The van der Waals surface area contributed by atoms with Gasteiger partial charge < -0.3 is 5.11 Å². The molecule has 0 fully saturated rings. The van der Waals surface area contributed by atoms with Gasteiger partial charge in [0, 0.05) is 12.0 Å². The maximum absolute atomic E-state index is 14.0. The number of carboxylic acid groups (broad SMARTS) is 1. The Morgan fingerprint density at radius 2 is 0.435 bits per heavy atom. The lowest BCUT2D eigenvalue weighted by Crippen LogP contribution is -2.80. The molecule has 0 aliphatic heterocycles. The third-order valence-corrected chi connectivity index (χ3v) is 7.77. The Hall–Kier alpha value is -3.38. The van der Waals surface area contributed by atoms with Crippen LogP contribution in [0.3, 0.4) is 0 Å². The van der Waals surface area contributed by atoms with Crippen LogP contribution in [-0.4, -0.2) is 118 Å². The van der Waals surface area contributed by atoms with Gasteiger partial charge in [0.05, 0.1) is 0 Å². The van der Waals surface area contributed by atoms with Gasteiger partial charge in [0.2, 0.25) is 0 Å². The molecule has 0 aliphatic carbocycles. The van der Waals surface area contributed by atoms with Crippen LogP contribution in [-0.2, 0) is 4.79 Å². The van der Waals surface area contributed by atoms with E-state index < -0.39 is 131 Å². The molecule has 0 rings (SSSR count). The maximum Gasteiger partial charge on any atom is 0.460 e. The number of rotatable bonds is 20. The molecule has 1 N–H and O–H groups in total. The van der Waals surface area contributed by atoms with Crippen LogP contribution in [0.15, 0.2) is 12.2 Å². The van der Waals surface area contributed by atoms with E-state index in [1.165, 1.54) is 0 Å². The van der Waals surface area contributed by atoms with Gasteiger partial charge in [-0.1, -0.05) is 6.58 Å². The van der Waals surface area contributed by atoms with Crippen LogP contribution in [0.25, 0.3) is 0 Å². The molecule has 39 heteroatoms. The first-order valence-electron chi connectivity index (χ1n) is 13.5. The highest BCUT2D eigenvalue weighted by atomic mass is 19.4. The van der Waals surface area contributed by atoms with E-state index in [9.17, 15) is 167 Å². The number of alkyl halides is 37. The highest BCUT2D eigenvalue weighted by molar-refractivity contribution is 5.85. The third-order valence-electron chi connectivity index (χ3n) is 7.77. The average Bonchev–Trinajstić information content (AvgIpc) is 3.04. The first-order chi connectivity index (χ1) is 26.1. The van der Waals surface area contributed by atoms with E-state index in [0.717, 1.165) is 0 Å². The number of hydrogen-bond donors (Lipinski definition) is 1. The smallest absolute Gasteiger partial charge is 0.460 e. The summed E-state index contributed by atoms with van der Waals surface area (Å²) >= 11 is 0. The molecule has 0 aromatic rings. The molecule has 370 valence electrons. The molecule has 0 atom stereocenters. The standard InChI is InChI=1S/C23H7F37O2/c1-4(5(61)62)2-3-6(24,25)7(26,27)8(28,29)9(30,31)10(32,33)11(34,35)12(36,37)13(38,39)14(40,41)15(42,43)16(44,45)17(46,47)18(48,49)19(50,51)20(52,53)21(54,55)22(56,57)23(58,59)60/h1-3H2,(H,61,62). The van der Waals surface area contributed by atoms with E-state index in [-0.39, 0.29) is 0 Å². The van der Waals surface area contributed by atoms with Crippen LogP contribution in [0.5, 0.6) is 0 Å². The van der Waals surface area contributed by atoms with Gasteiger partial charge in [-0.15, -0.1) is 0 Å². The average molecular weight is 1020 g/mol. The van der Waals surface area contributed by atoms with Crippen LogP contribution < -0.4 is 0 Å². The lowest BCUT2D eigenvalue weighted by molar-refractivity contribution is -0.493. The predicted octanol–water partition coefficient (Wildman–Crippen LogP) is 12.8. The van der Waals surface area contributed by atoms with Crippen molar-refractivity contribution in [3.05, 3.63) is 12.2 Å². The zero-order valence-corrected chi connectivity index (χ0v) is 27.0. The topological polar surface area (TPSA) is 37.3 Å². The molecule has 0 aromatic heterocycles. The lowest BCUT2D eigenvalue weighted by atomic mass is 9.82. The molecular formula is C23H7F37O2. The van der Waals surface area contributed by atoms with E-state index in [1.807, 2.05) is 0 Å².